The Kier molecular flexibility index (Phi) is 5.93. The van der Waals surface area contributed by atoms with E-state index in [-0.39, 0.29) is 11.7 Å². The fourth-order valence-corrected chi connectivity index (χ4v) is 4.24. The largest absolute Gasteiger partial charge is 0.313 e. The monoisotopic (exact) mass is 261 g/mol. The van der Waals surface area contributed by atoms with Gasteiger partial charge in [0, 0.05) is 12.6 Å². The van der Waals surface area contributed by atoms with Crippen LogP contribution in [0.3, 0.4) is 0 Å². The standard InChI is InChI=1S/C13H27NO2S/c1-11(2)10-17(15,16)8-7-14-13-6-4-5-12(3)9-13/h11-14H,4-10H2,1-3H3. The van der Waals surface area contributed by atoms with Crippen molar-refractivity contribution in [1.29, 1.82) is 0 Å². The van der Waals surface area contributed by atoms with E-state index in [2.05, 4.69) is 12.2 Å². The summed E-state index contributed by atoms with van der Waals surface area (Å²) in [6.45, 7) is 6.80. The van der Waals surface area contributed by atoms with Crippen LogP contribution in [0, 0.1) is 11.8 Å². The average molecular weight is 261 g/mol. The Morgan fingerprint density at radius 3 is 2.59 bits per heavy atom. The molecule has 2 unspecified atom stereocenters. The minimum absolute atomic E-state index is 0.231. The van der Waals surface area contributed by atoms with Gasteiger partial charge in [0.25, 0.3) is 0 Å². The highest BCUT2D eigenvalue weighted by Gasteiger charge is 2.19. The maximum absolute atomic E-state index is 11.7. The molecule has 0 aromatic rings. The van der Waals surface area contributed by atoms with Crippen LogP contribution in [0.5, 0.6) is 0 Å². The Labute approximate surface area is 106 Å². The van der Waals surface area contributed by atoms with E-state index in [4.69, 9.17) is 0 Å². The van der Waals surface area contributed by atoms with E-state index in [9.17, 15) is 8.42 Å². The van der Waals surface area contributed by atoms with Crippen LogP contribution in [0.1, 0.15) is 46.5 Å². The summed E-state index contributed by atoms with van der Waals surface area (Å²) < 4.78 is 23.4. The Hall–Kier alpha value is -0.0900. The molecule has 0 saturated heterocycles. The van der Waals surface area contributed by atoms with Crippen molar-refractivity contribution >= 4 is 9.84 Å². The van der Waals surface area contributed by atoms with Crippen molar-refractivity contribution in [1.82, 2.24) is 5.32 Å². The third-order valence-corrected chi connectivity index (χ3v) is 5.37. The van der Waals surface area contributed by atoms with Gasteiger partial charge in [-0.15, -0.1) is 0 Å². The van der Waals surface area contributed by atoms with Gasteiger partial charge in [0.1, 0.15) is 0 Å². The quantitative estimate of drug-likeness (QED) is 0.797. The molecular weight excluding hydrogens is 234 g/mol. The van der Waals surface area contributed by atoms with Crippen molar-refractivity contribution in [2.75, 3.05) is 18.1 Å². The van der Waals surface area contributed by atoms with E-state index in [0.717, 1.165) is 5.92 Å². The van der Waals surface area contributed by atoms with Crippen LogP contribution in [-0.2, 0) is 9.84 Å². The molecule has 17 heavy (non-hydrogen) atoms. The lowest BCUT2D eigenvalue weighted by Crippen LogP contribution is -2.37. The topological polar surface area (TPSA) is 46.2 Å². The summed E-state index contributed by atoms with van der Waals surface area (Å²) in [5, 5.41) is 3.40. The first-order chi connectivity index (χ1) is 7.89. The molecule has 2 atom stereocenters. The minimum Gasteiger partial charge on any atom is -0.313 e. The van der Waals surface area contributed by atoms with Gasteiger partial charge in [-0.1, -0.05) is 33.6 Å². The molecule has 1 saturated carbocycles. The lowest BCUT2D eigenvalue weighted by Gasteiger charge is -2.27. The molecule has 0 amide bonds. The summed E-state index contributed by atoms with van der Waals surface area (Å²) >= 11 is 0. The second-order valence-corrected chi connectivity index (χ2v) is 8.16. The number of hydrogen-bond donors (Lipinski definition) is 1. The first kappa shape index (κ1) is 15.0. The van der Waals surface area contributed by atoms with Crippen molar-refractivity contribution in [3.63, 3.8) is 0 Å². The highest BCUT2D eigenvalue weighted by molar-refractivity contribution is 7.91. The maximum Gasteiger partial charge on any atom is 0.151 e. The molecule has 0 aromatic heterocycles. The maximum atomic E-state index is 11.7. The molecule has 3 nitrogen and oxygen atoms in total. The highest BCUT2D eigenvalue weighted by Crippen LogP contribution is 2.23. The summed E-state index contributed by atoms with van der Waals surface area (Å²) in [4.78, 5) is 0. The summed E-state index contributed by atoms with van der Waals surface area (Å²) in [6.07, 6.45) is 5.00. The van der Waals surface area contributed by atoms with Crippen LogP contribution in [0.15, 0.2) is 0 Å². The van der Waals surface area contributed by atoms with Gasteiger partial charge in [-0.3, -0.25) is 0 Å². The Morgan fingerprint density at radius 2 is 2.00 bits per heavy atom. The summed E-state index contributed by atoms with van der Waals surface area (Å²) in [6, 6.07) is 0.535. The molecule has 4 heteroatoms. The molecule has 0 heterocycles. The Morgan fingerprint density at radius 1 is 1.29 bits per heavy atom. The molecule has 0 radical (unpaired) electrons. The second kappa shape index (κ2) is 6.74. The zero-order valence-corrected chi connectivity index (χ0v) is 12.2. The number of sulfone groups is 1. The van der Waals surface area contributed by atoms with Gasteiger partial charge in [0.05, 0.1) is 11.5 Å². The van der Waals surface area contributed by atoms with E-state index in [1.165, 1.54) is 25.7 Å². The third-order valence-electron chi connectivity index (χ3n) is 3.37. The van der Waals surface area contributed by atoms with E-state index < -0.39 is 9.84 Å². The van der Waals surface area contributed by atoms with Crippen molar-refractivity contribution in [2.45, 2.75) is 52.5 Å². The molecule has 1 N–H and O–H groups in total. The fraction of sp³-hybridized carbons (Fsp3) is 1.00. The van der Waals surface area contributed by atoms with Crippen LogP contribution in [0.2, 0.25) is 0 Å². The summed E-state index contributed by atoms with van der Waals surface area (Å²) in [5.74, 6) is 1.62. The van der Waals surface area contributed by atoms with Crippen molar-refractivity contribution in [3.8, 4) is 0 Å². The molecule has 102 valence electrons. The zero-order chi connectivity index (χ0) is 12.9. The van der Waals surface area contributed by atoms with Gasteiger partial charge in [-0.25, -0.2) is 8.42 Å². The average Bonchev–Trinajstić information content (AvgIpc) is 2.15. The fourth-order valence-electron chi connectivity index (χ4n) is 2.63. The smallest absolute Gasteiger partial charge is 0.151 e. The van der Waals surface area contributed by atoms with E-state index in [0.29, 0.717) is 18.3 Å². The van der Waals surface area contributed by atoms with Gasteiger partial charge in [0.2, 0.25) is 0 Å². The van der Waals surface area contributed by atoms with E-state index in [1.54, 1.807) is 0 Å². The van der Waals surface area contributed by atoms with Gasteiger partial charge in [-0.2, -0.15) is 0 Å². The molecule has 0 spiro atoms. The molecule has 1 rings (SSSR count). The molecule has 1 fully saturated rings. The molecule has 0 bridgehead atoms. The third kappa shape index (κ3) is 6.41. The first-order valence-electron chi connectivity index (χ1n) is 6.83. The van der Waals surface area contributed by atoms with Gasteiger partial charge < -0.3 is 5.32 Å². The van der Waals surface area contributed by atoms with Crippen LogP contribution in [0.4, 0.5) is 0 Å². The van der Waals surface area contributed by atoms with Crippen LogP contribution < -0.4 is 5.32 Å². The molecule has 0 aliphatic heterocycles. The first-order valence-corrected chi connectivity index (χ1v) is 8.65. The number of rotatable bonds is 6. The van der Waals surface area contributed by atoms with Gasteiger partial charge >= 0.3 is 0 Å². The molecular formula is C13H27NO2S. The molecule has 1 aliphatic carbocycles. The van der Waals surface area contributed by atoms with Crippen LogP contribution in [0.25, 0.3) is 0 Å². The SMILES string of the molecule is CC(C)CS(=O)(=O)CCNC1CCCC(C)C1. The Bertz CT molecular complexity index is 311. The lowest BCUT2D eigenvalue weighted by atomic mass is 9.87. The highest BCUT2D eigenvalue weighted by atomic mass is 32.2. The number of hydrogen-bond acceptors (Lipinski definition) is 3. The normalized spacial score (nSPS) is 26.4. The zero-order valence-electron chi connectivity index (χ0n) is 11.4. The lowest BCUT2D eigenvalue weighted by molar-refractivity contribution is 0.305. The number of nitrogens with one attached hydrogen (secondary N) is 1. The minimum atomic E-state index is -2.86. The van der Waals surface area contributed by atoms with E-state index in [1.807, 2.05) is 13.8 Å². The van der Waals surface area contributed by atoms with Crippen molar-refractivity contribution < 1.29 is 8.42 Å². The summed E-state index contributed by atoms with van der Waals surface area (Å²) in [5.41, 5.74) is 0. The van der Waals surface area contributed by atoms with Crippen LogP contribution in [-0.4, -0.2) is 32.5 Å². The molecule has 1 aliphatic rings. The van der Waals surface area contributed by atoms with Crippen LogP contribution >= 0.6 is 0 Å². The van der Waals surface area contributed by atoms with Gasteiger partial charge in [-0.05, 0) is 24.7 Å². The summed E-state index contributed by atoms with van der Waals surface area (Å²) in [7, 11) is -2.86. The predicted molar refractivity (Wildman–Crippen MR) is 72.9 cm³/mol. The second-order valence-electron chi connectivity index (χ2n) is 5.93. The van der Waals surface area contributed by atoms with E-state index >= 15 is 0 Å². The Balaban J connectivity index is 2.23. The van der Waals surface area contributed by atoms with Gasteiger partial charge in [0.15, 0.2) is 9.84 Å². The molecule has 0 aromatic carbocycles. The van der Waals surface area contributed by atoms with Crippen molar-refractivity contribution in [2.24, 2.45) is 11.8 Å². The predicted octanol–water partition coefficient (Wildman–Crippen LogP) is 2.23. The van der Waals surface area contributed by atoms with Crippen molar-refractivity contribution in [3.05, 3.63) is 0 Å².